The van der Waals surface area contributed by atoms with E-state index in [4.69, 9.17) is 14.2 Å². The Hall–Kier alpha value is -2.89. The van der Waals surface area contributed by atoms with Crippen LogP contribution in [0.3, 0.4) is 0 Å². The van der Waals surface area contributed by atoms with Gasteiger partial charge >= 0.3 is 17.9 Å². The Morgan fingerprint density at radius 1 is 0.274 bits per heavy atom. The molecule has 73 heavy (non-hydrogen) atoms. The van der Waals surface area contributed by atoms with Crippen molar-refractivity contribution in [1.82, 2.24) is 0 Å². The first kappa shape index (κ1) is 70.1. The number of hydrogen-bond donors (Lipinski definition) is 0. The van der Waals surface area contributed by atoms with Crippen molar-refractivity contribution < 1.29 is 28.6 Å². The van der Waals surface area contributed by atoms with Gasteiger partial charge in [-0.25, -0.2) is 0 Å². The fourth-order valence-corrected chi connectivity index (χ4v) is 9.19. The Morgan fingerprint density at radius 3 is 0.822 bits per heavy atom. The number of carbonyl (C=O) groups is 3. The molecule has 1 atom stereocenters. The lowest BCUT2D eigenvalue weighted by Gasteiger charge is -2.18. The molecule has 0 N–H and O–H groups in total. The molecule has 0 saturated heterocycles. The Bertz CT molecular complexity index is 1310. The van der Waals surface area contributed by atoms with Gasteiger partial charge in [-0.05, 0) is 89.9 Å². The van der Waals surface area contributed by atoms with Crippen molar-refractivity contribution in [3.63, 3.8) is 0 Å². The zero-order chi connectivity index (χ0) is 52.9. The zero-order valence-corrected chi connectivity index (χ0v) is 48.7. The van der Waals surface area contributed by atoms with Gasteiger partial charge in [0.05, 0.1) is 0 Å². The van der Waals surface area contributed by atoms with Crippen LogP contribution in [0.15, 0.2) is 60.8 Å². The van der Waals surface area contributed by atoms with E-state index in [2.05, 4.69) is 81.5 Å². The average Bonchev–Trinajstić information content (AvgIpc) is 3.39. The van der Waals surface area contributed by atoms with Gasteiger partial charge in [0.1, 0.15) is 13.2 Å². The molecule has 0 radical (unpaired) electrons. The number of rotatable bonds is 58. The van der Waals surface area contributed by atoms with E-state index >= 15 is 0 Å². The third-order valence-electron chi connectivity index (χ3n) is 14.0. The summed E-state index contributed by atoms with van der Waals surface area (Å²) < 4.78 is 16.9. The number of esters is 3. The molecule has 0 spiro atoms. The number of hydrogen-bond acceptors (Lipinski definition) is 6. The van der Waals surface area contributed by atoms with E-state index in [1.807, 2.05) is 0 Å². The Morgan fingerprint density at radius 2 is 0.493 bits per heavy atom. The lowest BCUT2D eigenvalue weighted by Crippen LogP contribution is -2.30. The number of carbonyl (C=O) groups excluding carboxylic acids is 3. The average molecular weight is 1020 g/mol. The lowest BCUT2D eigenvalue weighted by atomic mass is 10.0. The van der Waals surface area contributed by atoms with Gasteiger partial charge in [0.15, 0.2) is 6.10 Å². The molecule has 0 amide bonds. The largest absolute Gasteiger partial charge is 0.462 e. The number of ether oxygens (including phenoxy) is 3. The van der Waals surface area contributed by atoms with Gasteiger partial charge < -0.3 is 14.2 Å². The molecule has 0 rings (SSSR count). The number of allylic oxidation sites excluding steroid dienone is 10. The van der Waals surface area contributed by atoms with Crippen molar-refractivity contribution in [2.45, 2.75) is 335 Å². The molecule has 0 aromatic heterocycles. The second-order valence-corrected chi connectivity index (χ2v) is 21.3. The summed E-state index contributed by atoms with van der Waals surface area (Å²) in [5.41, 5.74) is 0. The lowest BCUT2D eigenvalue weighted by molar-refractivity contribution is -0.167. The van der Waals surface area contributed by atoms with E-state index in [0.29, 0.717) is 19.3 Å². The molecule has 0 heterocycles. The van der Waals surface area contributed by atoms with Gasteiger partial charge in [0.25, 0.3) is 0 Å². The van der Waals surface area contributed by atoms with E-state index in [9.17, 15) is 14.4 Å². The van der Waals surface area contributed by atoms with Crippen LogP contribution in [0.1, 0.15) is 329 Å². The molecule has 0 aliphatic rings. The fraction of sp³-hybridized carbons (Fsp3) is 0.806. The van der Waals surface area contributed by atoms with Crippen molar-refractivity contribution in [1.29, 1.82) is 0 Å². The third-order valence-corrected chi connectivity index (χ3v) is 14.0. The van der Waals surface area contributed by atoms with E-state index < -0.39 is 6.10 Å². The summed E-state index contributed by atoms with van der Waals surface area (Å²) in [6.45, 7) is 6.62. The van der Waals surface area contributed by atoms with E-state index in [1.165, 1.54) is 193 Å². The molecular formula is C67H120O6. The van der Waals surface area contributed by atoms with Crippen LogP contribution >= 0.6 is 0 Å². The van der Waals surface area contributed by atoms with Gasteiger partial charge in [0.2, 0.25) is 0 Å². The molecule has 0 saturated carbocycles. The third kappa shape index (κ3) is 59.9. The second kappa shape index (κ2) is 61.7. The summed E-state index contributed by atoms with van der Waals surface area (Å²) in [5, 5.41) is 0. The zero-order valence-electron chi connectivity index (χ0n) is 48.7. The molecule has 0 aromatic rings. The monoisotopic (exact) mass is 1020 g/mol. The molecule has 0 aromatic carbocycles. The summed E-state index contributed by atoms with van der Waals surface area (Å²) in [5.74, 6) is -0.908. The smallest absolute Gasteiger partial charge is 0.306 e. The summed E-state index contributed by atoms with van der Waals surface area (Å²) in [7, 11) is 0. The summed E-state index contributed by atoms with van der Waals surface area (Å²) in [4.78, 5) is 38.3. The molecule has 0 fully saturated rings. The van der Waals surface area contributed by atoms with Crippen LogP contribution in [-0.4, -0.2) is 37.2 Å². The topological polar surface area (TPSA) is 78.9 Å². The molecule has 0 bridgehead atoms. The van der Waals surface area contributed by atoms with Crippen molar-refractivity contribution in [3.8, 4) is 0 Å². The van der Waals surface area contributed by atoms with Crippen molar-refractivity contribution in [3.05, 3.63) is 60.8 Å². The van der Waals surface area contributed by atoms with Crippen LogP contribution in [0, 0.1) is 0 Å². The van der Waals surface area contributed by atoms with Gasteiger partial charge in [-0.3, -0.25) is 14.4 Å². The van der Waals surface area contributed by atoms with Crippen molar-refractivity contribution >= 4 is 17.9 Å². The highest BCUT2D eigenvalue weighted by molar-refractivity contribution is 5.71. The Kier molecular flexibility index (Phi) is 59.2. The Balaban J connectivity index is 4.38. The molecule has 0 unspecified atom stereocenters. The molecule has 0 aliphatic carbocycles. The minimum Gasteiger partial charge on any atom is -0.462 e. The first-order valence-electron chi connectivity index (χ1n) is 31.8. The molecular weight excluding hydrogens is 901 g/mol. The highest BCUT2D eigenvalue weighted by Crippen LogP contribution is 2.17. The fourth-order valence-electron chi connectivity index (χ4n) is 9.19. The molecule has 0 aliphatic heterocycles. The van der Waals surface area contributed by atoms with Crippen LogP contribution in [0.2, 0.25) is 0 Å². The van der Waals surface area contributed by atoms with Crippen LogP contribution < -0.4 is 0 Å². The van der Waals surface area contributed by atoms with Crippen LogP contribution in [0.25, 0.3) is 0 Å². The maximum atomic E-state index is 12.9. The van der Waals surface area contributed by atoms with E-state index in [1.54, 1.807) is 0 Å². The minimum atomic E-state index is -0.791. The maximum Gasteiger partial charge on any atom is 0.306 e. The second-order valence-electron chi connectivity index (χ2n) is 21.3. The predicted molar refractivity (Wildman–Crippen MR) is 316 cm³/mol. The highest BCUT2D eigenvalue weighted by atomic mass is 16.6. The van der Waals surface area contributed by atoms with Gasteiger partial charge in [-0.15, -0.1) is 0 Å². The molecule has 6 heteroatoms. The van der Waals surface area contributed by atoms with Crippen LogP contribution in [0.4, 0.5) is 0 Å². The summed E-state index contributed by atoms with van der Waals surface area (Å²) in [6, 6.07) is 0. The van der Waals surface area contributed by atoms with E-state index in [-0.39, 0.29) is 31.1 Å². The van der Waals surface area contributed by atoms with Gasteiger partial charge in [-0.2, -0.15) is 0 Å². The minimum absolute atomic E-state index is 0.0848. The maximum absolute atomic E-state index is 12.9. The SMILES string of the molecule is CCCCC/C=C\C/C=C\C/C=C\C/C=C\CCCCCC(=O)OC[C@H](COC(=O)CCCCCCCCCCCCCCCCCCCCCCC)OC(=O)CCCCCCC/C=C\CCCCCCCC. The van der Waals surface area contributed by atoms with Crippen LogP contribution in [-0.2, 0) is 28.6 Å². The summed E-state index contributed by atoms with van der Waals surface area (Å²) >= 11 is 0. The van der Waals surface area contributed by atoms with Gasteiger partial charge in [0, 0.05) is 19.3 Å². The van der Waals surface area contributed by atoms with E-state index in [0.717, 1.165) is 96.3 Å². The van der Waals surface area contributed by atoms with Crippen molar-refractivity contribution in [2.75, 3.05) is 13.2 Å². The first-order chi connectivity index (χ1) is 36.0. The molecule has 424 valence electrons. The van der Waals surface area contributed by atoms with Gasteiger partial charge in [-0.1, -0.05) is 281 Å². The molecule has 6 nitrogen and oxygen atoms in total. The first-order valence-corrected chi connectivity index (χ1v) is 31.8. The van der Waals surface area contributed by atoms with Crippen LogP contribution in [0.5, 0.6) is 0 Å². The number of unbranched alkanes of at least 4 members (excludes halogenated alkanes) is 37. The predicted octanol–water partition coefficient (Wildman–Crippen LogP) is 21.6. The Labute approximate surface area is 453 Å². The highest BCUT2D eigenvalue weighted by Gasteiger charge is 2.19. The van der Waals surface area contributed by atoms with Crippen molar-refractivity contribution in [2.24, 2.45) is 0 Å². The quantitative estimate of drug-likeness (QED) is 0.0261. The normalized spacial score (nSPS) is 12.4. The standard InChI is InChI=1S/C67H120O6/c1-4-7-10-13-16-19-22-25-28-30-32-33-35-37-40-42-45-48-51-54-57-60-66(69)72-63-64(73-67(70)61-58-55-52-49-46-43-38-27-24-21-18-15-12-9-6-3)62-71-65(68)59-56-53-50-47-44-41-39-36-34-31-29-26-23-20-17-14-11-8-5-2/h17,20,26-27,29,34,36,38,41,44,64H,4-16,18-19,21-25,28,30-33,35,37,39-40,42-43,45-63H2,1-3H3/b20-17-,29-26-,36-34-,38-27-,44-41-/t64-/m1/s1. The summed E-state index contributed by atoms with van der Waals surface area (Å²) in [6.07, 6.45) is 77.9.